The standard InChI is InChI=1S/C14H28N2O/c1-5-7-13(15-8-6-2)14(3,4)16-9-11-17-12-10-16/h5,13,15H,1,6-12H2,2-4H3. The number of ether oxygens (including phenoxy) is 1. The fourth-order valence-electron chi connectivity index (χ4n) is 2.47. The molecule has 0 saturated carbocycles. The molecule has 0 aliphatic carbocycles. The highest BCUT2D eigenvalue weighted by Crippen LogP contribution is 2.22. The van der Waals surface area contributed by atoms with E-state index in [2.05, 4.69) is 37.6 Å². The number of hydrogen-bond acceptors (Lipinski definition) is 3. The van der Waals surface area contributed by atoms with Crippen molar-refractivity contribution in [3.8, 4) is 0 Å². The fraction of sp³-hybridized carbons (Fsp3) is 0.857. The molecule has 1 atom stereocenters. The van der Waals surface area contributed by atoms with Crippen LogP contribution in [0.5, 0.6) is 0 Å². The Bertz CT molecular complexity index is 222. The van der Waals surface area contributed by atoms with Gasteiger partial charge in [-0.15, -0.1) is 6.58 Å². The van der Waals surface area contributed by atoms with Crippen molar-refractivity contribution < 1.29 is 4.74 Å². The van der Waals surface area contributed by atoms with Gasteiger partial charge < -0.3 is 10.1 Å². The molecule has 0 amide bonds. The second kappa shape index (κ2) is 7.14. The molecule has 0 aromatic carbocycles. The smallest absolute Gasteiger partial charge is 0.0594 e. The van der Waals surface area contributed by atoms with Crippen molar-refractivity contribution in [2.24, 2.45) is 0 Å². The van der Waals surface area contributed by atoms with Gasteiger partial charge in [-0.3, -0.25) is 4.90 Å². The fourth-order valence-corrected chi connectivity index (χ4v) is 2.47. The molecule has 1 heterocycles. The molecule has 1 unspecified atom stereocenters. The minimum atomic E-state index is 0.160. The first kappa shape index (κ1) is 14.7. The van der Waals surface area contributed by atoms with E-state index in [0.29, 0.717) is 6.04 Å². The van der Waals surface area contributed by atoms with E-state index in [-0.39, 0.29) is 5.54 Å². The van der Waals surface area contributed by atoms with Crippen molar-refractivity contribution in [3.05, 3.63) is 12.7 Å². The maximum Gasteiger partial charge on any atom is 0.0594 e. The molecule has 0 spiro atoms. The topological polar surface area (TPSA) is 24.5 Å². The lowest BCUT2D eigenvalue weighted by Gasteiger charge is -2.46. The molecule has 1 aliphatic heterocycles. The van der Waals surface area contributed by atoms with Gasteiger partial charge in [-0.05, 0) is 33.2 Å². The molecule has 0 aromatic rings. The summed E-state index contributed by atoms with van der Waals surface area (Å²) in [4.78, 5) is 2.54. The summed E-state index contributed by atoms with van der Waals surface area (Å²) in [6.07, 6.45) is 4.21. The zero-order valence-corrected chi connectivity index (χ0v) is 11.7. The van der Waals surface area contributed by atoms with Crippen LogP contribution in [0.2, 0.25) is 0 Å². The van der Waals surface area contributed by atoms with E-state index in [1.165, 1.54) is 6.42 Å². The van der Waals surface area contributed by atoms with Gasteiger partial charge in [0, 0.05) is 24.7 Å². The number of nitrogens with zero attached hydrogens (tertiary/aromatic N) is 1. The van der Waals surface area contributed by atoms with Crippen LogP contribution in [-0.4, -0.2) is 49.3 Å². The van der Waals surface area contributed by atoms with Crippen molar-refractivity contribution in [2.75, 3.05) is 32.8 Å². The molecule has 3 heteroatoms. The van der Waals surface area contributed by atoms with Crippen LogP contribution in [0, 0.1) is 0 Å². The molecule has 1 aliphatic rings. The van der Waals surface area contributed by atoms with Gasteiger partial charge in [-0.25, -0.2) is 0 Å². The lowest BCUT2D eigenvalue weighted by Crippen LogP contribution is -2.60. The van der Waals surface area contributed by atoms with Crippen LogP contribution in [0.25, 0.3) is 0 Å². The van der Waals surface area contributed by atoms with Crippen LogP contribution >= 0.6 is 0 Å². The largest absolute Gasteiger partial charge is 0.379 e. The molecule has 1 fully saturated rings. The minimum absolute atomic E-state index is 0.160. The number of hydrogen-bond donors (Lipinski definition) is 1. The number of morpholine rings is 1. The maximum absolute atomic E-state index is 5.43. The first-order valence-electron chi connectivity index (χ1n) is 6.80. The van der Waals surface area contributed by atoms with Crippen LogP contribution in [-0.2, 0) is 4.74 Å². The summed E-state index contributed by atoms with van der Waals surface area (Å²) in [6.45, 7) is 15.6. The third-order valence-corrected chi connectivity index (χ3v) is 3.72. The monoisotopic (exact) mass is 240 g/mol. The number of nitrogens with one attached hydrogen (secondary N) is 1. The van der Waals surface area contributed by atoms with Crippen molar-refractivity contribution in [1.29, 1.82) is 0 Å². The van der Waals surface area contributed by atoms with E-state index in [4.69, 9.17) is 4.74 Å². The predicted molar refractivity (Wildman–Crippen MR) is 73.4 cm³/mol. The Morgan fingerprint density at radius 3 is 2.59 bits per heavy atom. The zero-order valence-electron chi connectivity index (χ0n) is 11.7. The summed E-state index contributed by atoms with van der Waals surface area (Å²) in [6, 6.07) is 0.470. The third-order valence-electron chi connectivity index (χ3n) is 3.72. The molecular formula is C14H28N2O. The van der Waals surface area contributed by atoms with Gasteiger partial charge in [0.1, 0.15) is 0 Å². The first-order chi connectivity index (χ1) is 8.12. The molecule has 0 radical (unpaired) electrons. The Kier molecular flexibility index (Phi) is 6.17. The van der Waals surface area contributed by atoms with Gasteiger partial charge in [0.25, 0.3) is 0 Å². The summed E-state index contributed by atoms with van der Waals surface area (Å²) in [7, 11) is 0. The number of rotatable bonds is 7. The Balaban J connectivity index is 2.63. The molecule has 0 aromatic heterocycles. The second-order valence-corrected chi connectivity index (χ2v) is 5.28. The van der Waals surface area contributed by atoms with Crippen LogP contribution in [0.4, 0.5) is 0 Å². The lowest BCUT2D eigenvalue weighted by molar-refractivity contribution is -0.0229. The summed E-state index contributed by atoms with van der Waals surface area (Å²) < 4.78 is 5.43. The molecule has 0 bridgehead atoms. The quantitative estimate of drug-likeness (QED) is 0.689. The molecular weight excluding hydrogens is 212 g/mol. The average Bonchev–Trinajstić information content (AvgIpc) is 2.35. The highest BCUT2D eigenvalue weighted by Gasteiger charge is 2.34. The Hall–Kier alpha value is -0.380. The normalized spacial score (nSPS) is 20.2. The molecule has 1 rings (SSSR count). The van der Waals surface area contributed by atoms with Crippen molar-refractivity contribution >= 4 is 0 Å². The van der Waals surface area contributed by atoms with Crippen molar-refractivity contribution in [3.63, 3.8) is 0 Å². The van der Waals surface area contributed by atoms with Crippen LogP contribution in [0.1, 0.15) is 33.6 Å². The molecule has 3 nitrogen and oxygen atoms in total. The van der Waals surface area contributed by atoms with Gasteiger partial charge in [-0.1, -0.05) is 13.0 Å². The lowest BCUT2D eigenvalue weighted by atomic mass is 9.89. The summed E-state index contributed by atoms with van der Waals surface area (Å²) in [5, 5.41) is 3.65. The van der Waals surface area contributed by atoms with Crippen LogP contribution in [0.3, 0.4) is 0 Å². The van der Waals surface area contributed by atoms with Crippen LogP contribution < -0.4 is 5.32 Å². The van der Waals surface area contributed by atoms with Crippen molar-refractivity contribution in [1.82, 2.24) is 10.2 Å². The second-order valence-electron chi connectivity index (χ2n) is 5.28. The SMILES string of the molecule is C=CCC(NCCC)C(C)(C)N1CCOCC1. The molecule has 1 saturated heterocycles. The van der Waals surface area contributed by atoms with Gasteiger partial charge in [0.2, 0.25) is 0 Å². The molecule has 17 heavy (non-hydrogen) atoms. The minimum Gasteiger partial charge on any atom is -0.379 e. The van der Waals surface area contributed by atoms with E-state index in [1.54, 1.807) is 0 Å². The van der Waals surface area contributed by atoms with Crippen LogP contribution in [0.15, 0.2) is 12.7 Å². The first-order valence-corrected chi connectivity index (χ1v) is 6.80. The van der Waals surface area contributed by atoms with E-state index < -0.39 is 0 Å². The predicted octanol–water partition coefficient (Wildman–Crippen LogP) is 2.04. The van der Waals surface area contributed by atoms with Gasteiger partial charge in [0.05, 0.1) is 13.2 Å². The third kappa shape index (κ3) is 4.09. The van der Waals surface area contributed by atoms with E-state index in [0.717, 1.165) is 39.3 Å². The maximum atomic E-state index is 5.43. The Labute approximate surface area is 106 Å². The summed E-state index contributed by atoms with van der Waals surface area (Å²) >= 11 is 0. The average molecular weight is 240 g/mol. The summed E-state index contributed by atoms with van der Waals surface area (Å²) in [5.41, 5.74) is 0.160. The molecule has 1 N–H and O–H groups in total. The Morgan fingerprint density at radius 2 is 2.06 bits per heavy atom. The van der Waals surface area contributed by atoms with Gasteiger partial charge in [0.15, 0.2) is 0 Å². The highest BCUT2D eigenvalue weighted by atomic mass is 16.5. The van der Waals surface area contributed by atoms with Crippen molar-refractivity contribution in [2.45, 2.75) is 45.2 Å². The summed E-state index contributed by atoms with van der Waals surface area (Å²) in [5.74, 6) is 0. The van der Waals surface area contributed by atoms with Gasteiger partial charge >= 0.3 is 0 Å². The Morgan fingerprint density at radius 1 is 1.41 bits per heavy atom. The van der Waals surface area contributed by atoms with E-state index in [1.807, 2.05) is 6.08 Å². The molecule has 100 valence electrons. The van der Waals surface area contributed by atoms with Gasteiger partial charge in [-0.2, -0.15) is 0 Å². The van der Waals surface area contributed by atoms with E-state index in [9.17, 15) is 0 Å². The van der Waals surface area contributed by atoms with E-state index >= 15 is 0 Å². The highest BCUT2D eigenvalue weighted by molar-refractivity contribution is 4.97. The zero-order chi connectivity index (χ0) is 12.7.